The van der Waals surface area contributed by atoms with E-state index in [1.807, 2.05) is 12.2 Å². The molecule has 15 atom stereocenters. The number of ketones is 7. The molecule has 0 spiro atoms. The van der Waals surface area contributed by atoms with Gasteiger partial charge in [0.25, 0.3) is 0 Å². The highest BCUT2D eigenvalue weighted by Gasteiger charge is 2.43. The molecule has 0 aliphatic carbocycles. The van der Waals surface area contributed by atoms with Crippen LogP contribution in [0.2, 0.25) is 0 Å². The molecule has 0 bridgehead atoms. The standard InChI is InChI=1S/C88H124F2N16O20/c1-47(2)38-59-46-96-65(32-34-70(91)109)75(115)74(114)52(7)98-83(123)69(42-58-45-95-64-25-21-20-24-61(58)64)106-105-67(40-56-26-29-60(108)30-27-56)77(117)76(116)66(33-35-71(110)111)102-86(126)88(12,104-84(124)68(94-44-49(4)107)41-57-28-31-62(89)63(90)39-57)37-23-19-17-15-13-14-16-18-22-36-87(11,103-82(59)122)85(125)101-55(10)81(121)100-54(9)80(120)99-53(8)79(119)97-51(6)73(113)72(112)50(5)93-43-48(3)78(92)118/h14,16,20-21,24-31,39,45,47-48,50-55,59,65-69,93-96,105-106,108H,13,15,17-19,22-23,32-38,40-44,46H2,1-12H3,(H2,91,109)(H2,92,118)(H,97,119)(H,98,123)(H,99,120)(H,100,121)(H,101,125)(H,102,126)(H,103,122)(H,104,124)(H,110,111)/b16-14+/t48-,50-,51-,52?,53?,54-,55?,59+,65-,66-,67-,68-,69-,87-,88+/m0/s1. The fourth-order valence-electron chi connectivity index (χ4n) is 13.9. The number of aromatic hydroxyl groups is 1. The number of carboxylic acids is 1. The highest BCUT2D eigenvalue weighted by molar-refractivity contribution is 6.42. The maximum absolute atomic E-state index is 15.2. The first-order valence-electron chi connectivity index (χ1n) is 42.4. The molecule has 3 aromatic carbocycles. The van der Waals surface area contributed by atoms with Gasteiger partial charge in [-0.2, -0.15) is 0 Å². The van der Waals surface area contributed by atoms with Crippen molar-refractivity contribution in [1.82, 2.24) is 74.3 Å². The molecule has 5 rings (SSSR count). The third-order valence-corrected chi connectivity index (χ3v) is 21.8. The number of H-pyrrole nitrogens is 1. The molecule has 0 saturated carbocycles. The lowest BCUT2D eigenvalue weighted by molar-refractivity contribution is -0.142. The summed E-state index contributed by atoms with van der Waals surface area (Å²) in [5.74, 6) is -22.0. The Morgan fingerprint density at radius 3 is 1.77 bits per heavy atom. The van der Waals surface area contributed by atoms with Crippen LogP contribution in [-0.4, -0.2) is 218 Å². The molecule has 0 saturated heterocycles. The number of aliphatic carboxylic acids is 1. The first-order chi connectivity index (χ1) is 59.2. The van der Waals surface area contributed by atoms with Crippen LogP contribution in [0.1, 0.15) is 190 Å². The van der Waals surface area contributed by atoms with Gasteiger partial charge in [-0.3, -0.25) is 91.6 Å². The van der Waals surface area contributed by atoms with Crippen LogP contribution in [0.3, 0.4) is 0 Å². The molecule has 4 aromatic rings. The summed E-state index contributed by atoms with van der Waals surface area (Å²) in [6.07, 6.45) is 4.51. The summed E-state index contributed by atoms with van der Waals surface area (Å²) < 4.78 is 28.9. The Bertz CT molecular complexity index is 4600. The number of carboxylic acid groups (broad SMARTS) is 1. The van der Waals surface area contributed by atoms with Gasteiger partial charge in [0, 0.05) is 55.4 Å². The Balaban J connectivity index is 1.54. The number of Topliss-reactive ketones (excluding diaryl/α,β-unsaturated/α-hetero) is 7. The maximum Gasteiger partial charge on any atom is 0.303 e. The van der Waals surface area contributed by atoms with E-state index in [0.717, 1.165) is 12.1 Å². The van der Waals surface area contributed by atoms with Gasteiger partial charge in [-0.1, -0.05) is 88.6 Å². The third kappa shape index (κ3) is 33.6. The summed E-state index contributed by atoms with van der Waals surface area (Å²) in [6, 6.07) is -0.953. The molecule has 1 aliphatic rings. The summed E-state index contributed by atoms with van der Waals surface area (Å²) in [4.78, 5) is 253. The fourth-order valence-corrected chi connectivity index (χ4v) is 13.9. The summed E-state index contributed by atoms with van der Waals surface area (Å²) in [6.45, 7) is 16.1. The highest BCUT2D eigenvalue weighted by atomic mass is 19.2. The average Bonchev–Trinajstić information content (AvgIpc) is 1.78. The molecule has 690 valence electrons. The molecule has 10 amide bonds. The average molecular weight is 1760 g/mol. The number of halogens is 2. The Hall–Kier alpha value is -11.7. The topological polar surface area (TPSA) is 572 Å². The van der Waals surface area contributed by atoms with Crippen molar-refractivity contribution in [2.24, 2.45) is 29.2 Å². The monoisotopic (exact) mass is 1760 g/mol. The van der Waals surface area contributed by atoms with E-state index in [-0.39, 0.29) is 75.3 Å². The number of aromatic nitrogens is 1. The van der Waals surface area contributed by atoms with E-state index in [9.17, 15) is 86.1 Å². The minimum atomic E-state index is -2.03. The minimum Gasteiger partial charge on any atom is -0.508 e. The molecule has 0 radical (unpaired) electrons. The zero-order chi connectivity index (χ0) is 94.0. The summed E-state index contributed by atoms with van der Waals surface area (Å²) in [7, 11) is 0. The molecule has 3 unspecified atom stereocenters. The number of carbonyl (C=O) groups is 18. The molecule has 1 aromatic heterocycles. The van der Waals surface area contributed by atoms with Crippen LogP contribution >= 0.6 is 0 Å². The zero-order valence-corrected chi connectivity index (χ0v) is 73.5. The second kappa shape index (κ2) is 50.4. The fraction of sp³-hybridized carbons (Fsp3) is 0.545. The van der Waals surface area contributed by atoms with E-state index in [2.05, 4.69) is 74.3 Å². The summed E-state index contributed by atoms with van der Waals surface area (Å²) in [5, 5.41) is 50.2. The van der Waals surface area contributed by atoms with E-state index >= 15 is 19.2 Å². The number of fused-ring (bicyclic) bond motifs is 1. The van der Waals surface area contributed by atoms with Crippen molar-refractivity contribution < 1.29 is 105 Å². The predicted octanol–water partition coefficient (Wildman–Crippen LogP) is 1.66. The van der Waals surface area contributed by atoms with Crippen LogP contribution in [-0.2, 0) is 106 Å². The lowest BCUT2D eigenvalue weighted by Crippen LogP contribution is -2.63. The zero-order valence-electron chi connectivity index (χ0n) is 73.5. The van der Waals surface area contributed by atoms with Gasteiger partial charge in [0.2, 0.25) is 93.8 Å². The second-order valence-electron chi connectivity index (χ2n) is 33.4. The van der Waals surface area contributed by atoms with E-state index in [1.54, 1.807) is 44.3 Å². The van der Waals surface area contributed by atoms with Crippen molar-refractivity contribution in [2.75, 3.05) is 19.6 Å². The number of phenolic OH excluding ortho intramolecular Hbond substituents is 1. The summed E-state index contributed by atoms with van der Waals surface area (Å²) in [5.41, 5.74) is 14.2. The van der Waals surface area contributed by atoms with Gasteiger partial charge < -0.3 is 79.8 Å². The Morgan fingerprint density at radius 2 is 1.16 bits per heavy atom. The van der Waals surface area contributed by atoms with Crippen molar-refractivity contribution in [1.29, 1.82) is 0 Å². The van der Waals surface area contributed by atoms with E-state index in [4.69, 9.17) is 11.5 Å². The van der Waals surface area contributed by atoms with Crippen molar-refractivity contribution >= 4 is 116 Å². The molecular weight excluding hydrogens is 1640 g/mol. The summed E-state index contributed by atoms with van der Waals surface area (Å²) >= 11 is 0. The van der Waals surface area contributed by atoms with Crippen LogP contribution in [0, 0.1) is 29.4 Å². The molecule has 36 nitrogen and oxygen atoms in total. The van der Waals surface area contributed by atoms with Gasteiger partial charge >= 0.3 is 5.97 Å². The van der Waals surface area contributed by atoms with Gasteiger partial charge in [-0.25, -0.2) is 19.6 Å². The largest absolute Gasteiger partial charge is 0.508 e. The van der Waals surface area contributed by atoms with Crippen LogP contribution in [0.5, 0.6) is 5.75 Å². The van der Waals surface area contributed by atoms with Crippen molar-refractivity contribution in [2.45, 2.75) is 270 Å². The first kappa shape index (κ1) is 105. The molecule has 38 heteroatoms. The third-order valence-electron chi connectivity index (χ3n) is 21.8. The second-order valence-corrected chi connectivity index (χ2v) is 33.4. The van der Waals surface area contributed by atoms with Crippen molar-refractivity contribution in [3.63, 3.8) is 0 Å². The maximum atomic E-state index is 15.2. The quantitative estimate of drug-likeness (QED) is 0.0234. The van der Waals surface area contributed by atoms with Gasteiger partial charge in [0.15, 0.2) is 11.6 Å². The SMILES string of the molecule is CC(=O)CN[C@@H](Cc1ccc(F)c(F)c1)C(=O)N[C@]1(C)CCCCCC/C=C/CCC[C@@](C)(C(=O)NC(C)C(=O)N[C@@H](C)C(=O)NC(C)C(=O)N[C@@H](C)C(=O)C(=O)[C@H](C)NC[C@H](C)C(N)=O)NC(=O)[C@H](CC(C)C)CN[C@@H](CCC(N)=O)C(=O)C(=O)C(C)NC(=O)[C@H](Cc2c[nH]c3ccccc23)NN[C@@H](Cc2ccc(O)cc2)C(=O)C(=O)[C@H](CCC(=O)O)NC1=O. The number of aromatic amines is 1. The van der Waals surface area contributed by atoms with Gasteiger partial charge in [-0.05, 0) is 186 Å². The lowest BCUT2D eigenvalue weighted by Gasteiger charge is -2.33. The number of phenols is 1. The number of benzene rings is 3. The number of hydrogen-bond acceptors (Lipinski definition) is 24. The predicted molar refractivity (Wildman–Crippen MR) is 460 cm³/mol. The van der Waals surface area contributed by atoms with Gasteiger partial charge in [-0.15, -0.1) is 0 Å². The van der Waals surface area contributed by atoms with E-state index in [0.29, 0.717) is 54.1 Å². The number of para-hydroxylation sites is 1. The number of allylic oxidation sites excluding steroid dienone is 2. The van der Waals surface area contributed by atoms with E-state index < -0.39 is 245 Å². The number of rotatable bonds is 34. The first-order valence-corrected chi connectivity index (χ1v) is 42.4. The lowest BCUT2D eigenvalue weighted by atomic mass is 9.89. The van der Waals surface area contributed by atoms with Crippen LogP contribution in [0.4, 0.5) is 8.78 Å². The van der Waals surface area contributed by atoms with Crippen LogP contribution < -0.4 is 80.8 Å². The Morgan fingerprint density at radius 1 is 0.587 bits per heavy atom. The number of amides is 10. The van der Waals surface area contributed by atoms with Gasteiger partial charge in [0.05, 0.1) is 54.8 Å². The Kier molecular flexibility index (Phi) is 41.9. The minimum absolute atomic E-state index is 0.0000845. The highest BCUT2D eigenvalue weighted by Crippen LogP contribution is 2.25. The van der Waals surface area contributed by atoms with Crippen molar-refractivity contribution in [3.05, 3.63) is 113 Å². The number of nitrogens with one attached hydrogen (secondary N) is 14. The molecule has 20 N–H and O–H groups in total. The van der Waals surface area contributed by atoms with E-state index in [1.165, 1.54) is 99.6 Å². The van der Waals surface area contributed by atoms with Gasteiger partial charge in [0.1, 0.15) is 46.8 Å². The smallest absolute Gasteiger partial charge is 0.303 e. The molecular formula is C88H124F2N16O20. The molecule has 0 fully saturated rings. The number of primary amides is 2. The number of carbonyl (C=O) groups excluding carboxylic acids is 17. The van der Waals surface area contributed by atoms with Crippen LogP contribution in [0.25, 0.3) is 10.9 Å². The number of nitrogens with two attached hydrogens (primary N) is 2. The normalized spacial score (nSPS) is 22.5. The molecule has 1 aliphatic heterocycles. The molecule has 126 heavy (non-hydrogen) atoms. The van der Waals surface area contributed by atoms with Crippen LogP contribution in [0.15, 0.2) is 85.1 Å². The number of hydrogen-bond donors (Lipinski definition) is 18. The molecule has 2 heterocycles. The Labute approximate surface area is 730 Å². The van der Waals surface area contributed by atoms with Crippen molar-refractivity contribution in [3.8, 4) is 5.75 Å². The number of hydrazine groups is 1.